The molecule has 1 aromatic carbocycles. The van der Waals surface area contributed by atoms with Crippen LogP contribution in [0, 0.1) is 6.92 Å². The second-order valence-corrected chi connectivity index (χ2v) is 5.91. The fraction of sp³-hybridized carbons (Fsp3) is 0.467. The second kappa shape index (κ2) is 7.43. The topological polar surface area (TPSA) is 39.9 Å². The van der Waals surface area contributed by atoms with Crippen molar-refractivity contribution in [3.05, 3.63) is 41.7 Å². The molecule has 0 saturated carbocycles. The van der Waals surface area contributed by atoms with E-state index in [0.29, 0.717) is 11.4 Å². The molecule has 1 unspecified atom stereocenters. The lowest BCUT2D eigenvalue weighted by Gasteiger charge is -2.06. The zero-order valence-electron chi connectivity index (χ0n) is 11.9. The Morgan fingerprint density at radius 1 is 1.40 bits per heavy atom. The van der Waals surface area contributed by atoms with Crippen LogP contribution in [-0.2, 0) is 6.54 Å². The van der Waals surface area contributed by atoms with Gasteiger partial charge in [-0.05, 0) is 31.0 Å². The third-order valence-electron chi connectivity index (χ3n) is 3.03. The molecule has 1 atom stereocenters. The maximum Gasteiger partial charge on any atom is 0.119 e. The first-order chi connectivity index (χ1) is 9.69. The molecule has 0 fully saturated rings. The molecule has 5 heteroatoms. The van der Waals surface area contributed by atoms with Gasteiger partial charge in [-0.1, -0.05) is 40.2 Å². The Bertz CT molecular complexity index is 541. The van der Waals surface area contributed by atoms with Crippen LogP contribution < -0.4 is 4.74 Å². The van der Waals surface area contributed by atoms with Gasteiger partial charge < -0.3 is 4.74 Å². The Labute approximate surface area is 128 Å². The first-order valence-electron chi connectivity index (χ1n) is 6.92. The monoisotopic (exact) mass is 337 g/mol. The van der Waals surface area contributed by atoms with E-state index < -0.39 is 0 Å². The molecular formula is C15H20BrN3O. The summed E-state index contributed by atoms with van der Waals surface area (Å²) in [5, 5.41) is 8.29. The first kappa shape index (κ1) is 15.0. The number of aromatic nitrogens is 3. The van der Waals surface area contributed by atoms with Gasteiger partial charge in [-0.2, -0.15) is 0 Å². The molecule has 20 heavy (non-hydrogen) atoms. The van der Waals surface area contributed by atoms with E-state index in [1.165, 1.54) is 5.56 Å². The first-order valence-corrected chi connectivity index (χ1v) is 7.84. The second-order valence-electron chi connectivity index (χ2n) is 4.80. The van der Waals surface area contributed by atoms with Crippen molar-refractivity contribution < 1.29 is 4.74 Å². The minimum absolute atomic E-state index is 0.291. The number of hydrogen-bond acceptors (Lipinski definition) is 3. The zero-order chi connectivity index (χ0) is 14.4. The molecule has 2 aromatic rings. The lowest BCUT2D eigenvalue weighted by atomic mass is 10.2. The van der Waals surface area contributed by atoms with Crippen LogP contribution in [0.3, 0.4) is 0 Å². The van der Waals surface area contributed by atoms with Crippen molar-refractivity contribution in [1.82, 2.24) is 15.0 Å². The lowest BCUT2D eigenvalue weighted by Crippen LogP contribution is -2.05. The van der Waals surface area contributed by atoms with Crippen LogP contribution in [0.25, 0.3) is 0 Å². The van der Waals surface area contributed by atoms with Gasteiger partial charge in [0.05, 0.1) is 17.1 Å². The Kier molecular flexibility index (Phi) is 5.59. The summed E-state index contributed by atoms with van der Waals surface area (Å²) in [5.74, 6) is 0.927. The summed E-state index contributed by atoms with van der Waals surface area (Å²) in [5.41, 5.74) is 2.21. The van der Waals surface area contributed by atoms with Gasteiger partial charge in [0.25, 0.3) is 0 Å². The number of benzene rings is 1. The predicted molar refractivity (Wildman–Crippen MR) is 83.3 cm³/mol. The van der Waals surface area contributed by atoms with Crippen LogP contribution in [0.1, 0.15) is 35.8 Å². The number of hydrogen-bond donors (Lipinski definition) is 0. The fourth-order valence-electron chi connectivity index (χ4n) is 1.90. The van der Waals surface area contributed by atoms with Gasteiger partial charge in [0.2, 0.25) is 0 Å². The van der Waals surface area contributed by atoms with Crippen molar-refractivity contribution >= 4 is 15.9 Å². The number of ether oxygens (including phenoxy) is 1. The molecule has 0 spiro atoms. The molecule has 0 aliphatic rings. The minimum atomic E-state index is 0.291. The number of halogens is 1. The zero-order valence-corrected chi connectivity index (χ0v) is 13.5. The van der Waals surface area contributed by atoms with Gasteiger partial charge in [-0.3, -0.25) is 4.68 Å². The maximum atomic E-state index is 5.71. The van der Waals surface area contributed by atoms with Gasteiger partial charge >= 0.3 is 0 Å². The summed E-state index contributed by atoms with van der Waals surface area (Å²) in [6.45, 7) is 5.69. The van der Waals surface area contributed by atoms with Gasteiger partial charge in [-0.25, -0.2) is 0 Å². The van der Waals surface area contributed by atoms with E-state index in [1.807, 2.05) is 29.1 Å². The van der Waals surface area contributed by atoms with Crippen LogP contribution in [0.15, 0.2) is 30.5 Å². The normalized spacial score (nSPS) is 12.3. The standard InChI is InChI=1S/C15H20BrN3O/c1-3-14(16)15-11-19(18-17-15)8-5-9-20-13-7-4-6-12(2)10-13/h4,6-7,10-11,14H,3,5,8-9H2,1-2H3. The summed E-state index contributed by atoms with van der Waals surface area (Å²) < 4.78 is 7.59. The van der Waals surface area contributed by atoms with Crippen molar-refractivity contribution in [3.63, 3.8) is 0 Å². The third kappa shape index (κ3) is 4.34. The molecule has 4 nitrogen and oxygen atoms in total. The molecule has 0 saturated heterocycles. The Balaban J connectivity index is 1.74. The molecule has 0 aliphatic carbocycles. The average Bonchev–Trinajstić information content (AvgIpc) is 2.92. The average molecular weight is 338 g/mol. The van der Waals surface area contributed by atoms with Gasteiger partial charge in [0.15, 0.2) is 0 Å². The van der Waals surface area contributed by atoms with E-state index in [-0.39, 0.29) is 0 Å². The van der Waals surface area contributed by atoms with E-state index in [4.69, 9.17) is 4.74 Å². The van der Waals surface area contributed by atoms with E-state index in [9.17, 15) is 0 Å². The quantitative estimate of drug-likeness (QED) is 0.568. The molecule has 0 N–H and O–H groups in total. The highest BCUT2D eigenvalue weighted by molar-refractivity contribution is 9.09. The molecule has 1 aromatic heterocycles. The Morgan fingerprint density at radius 2 is 2.25 bits per heavy atom. The minimum Gasteiger partial charge on any atom is -0.494 e. The third-order valence-corrected chi connectivity index (χ3v) is 4.14. The predicted octanol–water partition coefficient (Wildman–Crippen LogP) is 3.90. The van der Waals surface area contributed by atoms with Crippen LogP contribution in [0.5, 0.6) is 5.75 Å². The van der Waals surface area contributed by atoms with E-state index in [1.54, 1.807) is 0 Å². The summed E-state index contributed by atoms with van der Waals surface area (Å²) in [4.78, 5) is 0.291. The maximum absolute atomic E-state index is 5.71. The lowest BCUT2D eigenvalue weighted by molar-refractivity contribution is 0.298. The number of aryl methyl sites for hydroxylation is 2. The van der Waals surface area contributed by atoms with E-state index >= 15 is 0 Å². The summed E-state index contributed by atoms with van der Waals surface area (Å²) in [6.07, 6.45) is 3.92. The largest absolute Gasteiger partial charge is 0.494 e. The van der Waals surface area contributed by atoms with Crippen molar-refractivity contribution in [2.45, 2.75) is 38.1 Å². The molecule has 1 heterocycles. The summed E-state index contributed by atoms with van der Waals surface area (Å²) in [7, 11) is 0. The molecule has 108 valence electrons. The number of nitrogens with zero attached hydrogens (tertiary/aromatic N) is 3. The number of rotatable bonds is 7. The van der Waals surface area contributed by atoms with Crippen LogP contribution in [-0.4, -0.2) is 21.6 Å². The van der Waals surface area contributed by atoms with Gasteiger partial charge in [0, 0.05) is 19.2 Å². The van der Waals surface area contributed by atoms with E-state index in [0.717, 1.165) is 30.8 Å². The Morgan fingerprint density at radius 3 is 3.00 bits per heavy atom. The highest BCUT2D eigenvalue weighted by Crippen LogP contribution is 2.23. The van der Waals surface area contributed by atoms with Crippen molar-refractivity contribution in [1.29, 1.82) is 0 Å². The van der Waals surface area contributed by atoms with Gasteiger partial charge in [-0.15, -0.1) is 5.10 Å². The van der Waals surface area contributed by atoms with Gasteiger partial charge in [0.1, 0.15) is 5.75 Å². The number of alkyl halides is 1. The SMILES string of the molecule is CCC(Br)c1cn(CCCOc2cccc(C)c2)nn1. The molecule has 0 bridgehead atoms. The summed E-state index contributed by atoms with van der Waals surface area (Å²) >= 11 is 3.58. The van der Waals surface area contributed by atoms with Crippen molar-refractivity contribution in [3.8, 4) is 5.75 Å². The van der Waals surface area contributed by atoms with Crippen molar-refractivity contribution in [2.75, 3.05) is 6.61 Å². The molecule has 2 rings (SSSR count). The fourth-order valence-corrected chi connectivity index (χ4v) is 2.11. The van der Waals surface area contributed by atoms with Crippen LogP contribution in [0.4, 0.5) is 0 Å². The van der Waals surface area contributed by atoms with E-state index in [2.05, 4.69) is 46.2 Å². The molecule has 0 amide bonds. The molecule has 0 radical (unpaired) electrons. The smallest absolute Gasteiger partial charge is 0.119 e. The van der Waals surface area contributed by atoms with Crippen LogP contribution in [0.2, 0.25) is 0 Å². The highest BCUT2D eigenvalue weighted by Gasteiger charge is 2.09. The summed E-state index contributed by atoms with van der Waals surface area (Å²) in [6, 6.07) is 8.10. The highest BCUT2D eigenvalue weighted by atomic mass is 79.9. The van der Waals surface area contributed by atoms with Crippen LogP contribution >= 0.6 is 15.9 Å². The Hall–Kier alpha value is -1.36. The molecule has 0 aliphatic heterocycles. The molecular weight excluding hydrogens is 318 g/mol. The van der Waals surface area contributed by atoms with Crippen molar-refractivity contribution in [2.24, 2.45) is 0 Å².